The van der Waals surface area contributed by atoms with Crippen LogP contribution in [0.2, 0.25) is 5.02 Å². The predicted molar refractivity (Wildman–Crippen MR) is 64.9 cm³/mol. The quantitative estimate of drug-likeness (QED) is 0.785. The van der Waals surface area contributed by atoms with E-state index in [1.165, 1.54) is 0 Å². The number of nitrogens with zero attached hydrogens (tertiary/aromatic N) is 2. The summed E-state index contributed by atoms with van der Waals surface area (Å²) in [5, 5.41) is 10.2. The third kappa shape index (κ3) is 2.71. The molecule has 0 saturated heterocycles. The molecule has 88 valence electrons. The first kappa shape index (κ1) is 11.8. The molecule has 1 aromatic heterocycles. The molecule has 0 aliphatic heterocycles. The summed E-state index contributed by atoms with van der Waals surface area (Å²) in [4.78, 5) is 11.4. The van der Waals surface area contributed by atoms with Gasteiger partial charge in [-0.15, -0.1) is 0 Å². The van der Waals surface area contributed by atoms with Gasteiger partial charge in [-0.05, 0) is 19.1 Å². The maximum absolute atomic E-state index is 11.4. The Hall–Kier alpha value is -1.68. The first-order valence-corrected chi connectivity index (χ1v) is 5.64. The summed E-state index contributed by atoms with van der Waals surface area (Å²) >= 11 is 5.92. The maximum atomic E-state index is 11.4. The number of rotatable bonds is 3. The van der Waals surface area contributed by atoms with Crippen molar-refractivity contribution in [1.82, 2.24) is 10.2 Å². The average molecular weight is 251 g/mol. The van der Waals surface area contributed by atoms with Crippen LogP contribution in [-0.2, 0) is 16.0 Å². The highest BCUT2D eigenvalue weighted by atomic mass is 35.5. The van der Waals surface area contributed by atoms with Gasteiger partial charge in [-0.25, -0.2) is 0 Å². The number of hydrogen-bond acceptors (Lipinski definition) is 4. The minimum Gasteiger partial charge on any atom is -0.466 e. The molecular formula is C12H11ClN2O2. The lowest BCUT2D eigenvalue weighted by atomic mass is 10.1. The zero-order valence-electron chi connectivity index (χ0n) is 9.31. The average Bonchev–Trinajstić information content (AvgIpc) is 2.30. The van der Waals surface area contributed by atoms with Crippen LogP contribution in [0.15, 0.2) is 24.4 Å². The van der Waals surface area contributed by atoms with Crippen LogP contribution in [0.5, 0.6) is 0 Å². The number of esters is 1. The van der Waals surface area contributed by atoms with Gasteiger partial charge >= 0.3 is 5.97 Å². The van der Waals surface area contributed by atoms with Crippen LogP contribution in [0.3, 0.4) is 0 Å². The van der Waals surface area contributed by atoms with Gasteiger partial charge < -0.3 is 4.74 Å². The van der Waals surface area contributed by atoms with Crippen LogP contribution in [0.4, 0.5) is 0 Å². The van der Waals surface area contributed by atoms with E-state index in [0.717, 1.165) is 10.8 Å². The first-order valence-electron chi connectivity index (χ1n) is 5.26. The topological polar surface area (TPSA) is 52.1 Å². The molecule has 0 bridgehead atoms. The number of halogens is 1. The summed E-state index contributed by atoms with van der Waals surface area (Å²) in [7, 11) is 0. The monoisotopic (exact) mass is 250 g/mol. The maximum Gasteiger partial charge on any atom is 0.311 e. The summed E-state index contributed by atoms with van der Waals surface area (Å²) in [6, 6.07) is 5.40. The van der Waals surface area contributed by atoms with Crippen molar-refractivity contribution in [2.24, 2.45) is 0 Å². The molecule has 5 heteroatoms. The minimum absolute atomic E-state index is 0.110. The fraction of sp³-hybridized carbons (Fsp3) is 0.250. The Bertz CT molecular complexity index is 557. The second-order valence-corrected chi connectivity index (χ2v) is 3.94. The highest BCUT2D eigenvalue weighted by Crippen LogP contribution is 2.21. The normalized spacial score (nSPS) is 10.5. The van der Waals surface area contributed by atoms with Crippen LogP contribution in [0.25, 0.3) is 10.8 Å². The summed E-state index contributed by atoms with van der Waals surface area (Å²) in [6.07, 6.45) is 1.75. The first-order chi connectivity index (χ1) is 8.20. The van der Waals surface area contributed by atoms with Crippen LogP contribution in [-0.4, -0.2) is 22.8 Å². The Balaban J connectivity index is 2.39. The molecule has 0 aliphatic rings. The van der Waals surface area contributed by atoms with Gasteiger partial charge in [-0.2, -0.15) is 10.2 Å². The Morgan fingerprint density at radius 3 is 3.06 bits per heavy atom. The molecule has 0 radical (unpaired) electrons. The zero-order chi connectivity index (χ0) is 12.3. The van der Waals surface area contributed by atoms with Gasteiger partial charge in [0.25, 0.3) is 0 Å². The Labute approximate surface area is 104 Å². The Kier molecular flexibility index (Phi) is 3.54. The fourth-order valence-electron chi connectivity index (χ4n) is 1.58. The lowest BCUT2D eigenvalue weighted by Crippen LogP contribution is -2.09. The van der Waals surface area contributed by atoms with E-state index in [1.807, 2.05) is 6.07 Å². The van der Waals surface area contributed by atoms with Gasteiger partial charge in [0.2, 0.25) is 0 Å². The standard InChI is InChI=1S/C12H11ClN2O2/c1-2-17-12(16)6-11-10-5-9(13)4-3-8(10)7-14-15-11/h3-5,7H,2,6H2,1H3. The number of carbonyl (C=O) groups is 1. The van der Waals surface area contributed by atoms with E-state index in [-0.39, 0.29) is 12.4 Å². The second kappa shape index (κ2) is 5.10. The lowest BCUT2D eigenvalue weighted by Gasteiger charge is -2.04. The Morgan fingerprint density at radius 1 is 1.47 bits per heavy atom. The van der Waals surface area contributed by atoms with Gasteiger partial charge in [0.15, 0.2) is 0 Å². The molecule has 0 N–H and O–H groups in total. The number of aromatic nitrogens is 2. The van der Waals surface area contributed by atoms with Crippen molar-refractivity contribution in [1.29, 1.82) is 0 Å². The van der Waals surface area contributed by atoms with Crippen LogP contribution in [0, 0.1) is 0 Å². The highest BCUT2D eigenvalue weighted by molar-refractivity contribution is 6.31. The predicted octanol–water partition coefficient (Wildman–Crippen LogP) is 2.39. The van der Waals surface area contributed by atoms with Gasteiger partial charge in [0.05, 0.1) is 24.9 Å². The summed E-state index contributed by atoms with van der Waals surface area (Å²) in [6.45, 7) is 2.13. The number of hydrogen-bond donors (Lipinski definition) is 0. The van der Waals surface area contributed by atoms with Crippen molar-refractivity contribution in [3.05, 3.63) is 35.1 Å². The van der Waals surface area contributed by atoms with Crippen molar-refractivity contribution in [3.63, 3.8) is 0 Å². The molecule has 0 unspecified atom stereocenters. The minimum atomic E-state index is -0.311. The third-order valence-corrected chi connectivity index (χ3v) is 2.55. The molecule has 1 heterocycles. The van der Waals surface area contributed by atoms with Gasteiger partial charge in [0, 0.05) is 15.8 Å². The number of ether oxygens (including phenoxy) is 1. The number of carbonyl (C=O) groups excluding carboxylic acids is 1. The van der Waals surface area contributed by atoms with Crippen molar-refractivity contribution in [2.75, 3.05) is 6.61 Å². The number of fused-ring (bicyclic) bond motifs is 1. The summed E-state index contributed by atoms with van der Waals surface area (Å²) in [5.74, 6) is -0.311. The van der Waals surface area contributed by atoms with Crippen molar-refractivity contribution >= 4 is 28.3 Å². The van der Waals surface area contributed by atoms with Gasteiger partial charge in [-0.1, -0.05) is 17.7 Å². The van der Waals surface area contributed by atoms with Gasteiger partial charge in [0.1, 0.15) is 0 Å². The molecular weight excluding hydrogens is 240 g/mol. The Morgan fingerprint density at radius 2 is 2.29 bits per heavy atom. The van der Waals surface area contributed by atoms with Crippen LogP contribution < -0.4 is 0 Å². The van der Waals surface area contributed by atoms with E-state index in [4.69, 9.17) is 16.3 Å². The summed E-state index contributed by atoms with van der Waals surface area (Å²) < 4.78 is 4.89. The molecule has 17 heavy (non-hydrogen) atoms. The largest absolute Gasteiger partial charge is 0.466 e. The van der Waals surface area contributed by atoms with E-state index in [1.54, 1.807) is 25.3 Å². The van der Waals surface area contributed by atoms with Crippen LogP contribution in [0.1, 0.15) is 12.6 Å². The molecule has 4 nitrogen and oxygen atoms in total. The molecule has 0 atom stereocenters. The molecule has 2 aromatic rings. The van der Waals surface area contributed by atoms with Gasteiger partial charge in [-0.3, -0.25) is 4.79 Å². The van der Waals surface area contributed by atoms with Crippen molar-refractivity contribution < 1.29 is 9.53 Å². The van der Waals surface area contributed by atoms with E-state index < -0.39 is 0 Å². The molecule has 0 fully saturated rings. The van der Waals surface area contributed by atoms with E-state index in [9.17, 15) is 4.79 Å². The van der Waals surface area contributed by atoms with E-state index in [0.29, 0.717) is 17.3 Å². The zero-order valence-corrected chi connectivity index (χ0v) is 10.1. The molecule has 2 rings (SSSR count). The van der Waals surface area contributed by atoms with E-state index in [2.05, 4.69) is 10.2 Å². The van der Waals surface area contributed by atoms with Crippen molar-refractivity contribution in [2.45, 2.75) is 13.3 Å². The third-order valence-electron chi connectivity index (χ3n) is 2.32. The highest BCUT2D eigenvalue weighted by Gasteiger charge is 2.10. The van der Waals surface area contributed by atoms with Crippen LogP contribution >= 0.6 is 11.6 Å². The van der Waals surface area contributed by atoms with E-state index >= 15 is 0 Å². The fourth-order valence-corrected chi connectivity index (χ4v) is 1.76. The second-order valence-electron chi connectivity index (χ2n) is 3.50. The molecule has 0 spiro atoms. The SMILES string of the molecule is CCOC(=O)Cc1nncc2ccc(Cl)cc12. The molecule has 0 amide bonds. The number of benzene rings is 1. The molecule has 0 saturated carbocycles. The molecule has 0 aliphatic carbocycles. The molecule has 1 aromatic carbocycles. The lowest BCUT2D eigenvalue weighted by molar-refractivity contribution is -0.142. The smallest absolute Gasteiger partial charge is 0.311 e. The van der Waals surface area contributed by atoms with Crippen molar-refractivity contribution in [3.8, 4) is 0 Å². The summed E-state index contributed by atoms with van der Waals surface area (Å²) in [5.41, 5.74) is 0.587.